The van der Waals surface area contributed by atoms with Crippen molar-refractivity contribution in [2.24, 2.45) is 0 Å². The van der Waals surface area contributed by atoms with Crippen LogP contribution in [0.2, 0.25) is 0 Å². The largest absolute Gasteiger partial charge is 0.395 e. The summed E-state index contributed by atoms with van der Waals surface area (Å²) in [5.74, 6) is 0.651. The number of rotatable bonds is 7. The highest BCUT2D eigenvalue weighted by molar-refractivity contribution is 5.25. The number of aliphatic hydroxyl groups is 1. The number of aliphatic hydroxyl groups excluding tert-OH is 1. The van der Waals surface area contributed by atoms with Crippen molar-refractivity contribution in [3.8, 4) is 0 Å². The van der Waals surface area contributed by atoms with E-state index in [1.807, 2.05) is 20.8 Å². The lowest BCUT2D eigenvalue weighted by Gasteiger charge is -2.13. The SMILES string of the molecule is CC[C@@H](CO)NCc1cnc(NC(C)C)nc1. The van der Waals surface area contributed by atoms with E-state index in [1.165, 1.54) is 0 Å². The summed E-state index contributed by atoms with van der Waals surface area (Å²) in [5.41, 5.74) is 1.02. The minimum Gasteiger partial charge on any atom is -0.395 e. The van der Waals surface area contributed by atoms with E-state index >= 15 is 0 Å². The van der Waals surface area contributed by atoms with Crippen LogP contribution in [-0.4, -0.2) is 33.8 Å². The minimum absolute atomic E-state index is 0.142. The molecule has 0 unspecified atom stereocenters. The molecule has 0 saturated carbocycles. The Morgan fingerprint density at radius 3 is 2.41 bits per heavy atom. The average Bonchev–Trinajstić information content (AvgIpc) is 2.32. The Bertz CT molecular complexity index is 309. The van der Waals surface area contributed by atoms with Gasteiger partial charge in [-0.05, 0) is 20.3 Å². The van der Waals surface area contributed by atoms with Gasteiger partial charge in [0.05, 0.1) is 6.61 Å². The van der Waals surface area contributed by atoms with Crippen LogP contribution in [0.4, 0.5) is 5.95 Å². The van der Waals surface area contributed by atoms with Gasteiger partial charge in [0.25, 0.3) is 0 Å². The standard InChI is InChI=1S/C12H22N4O/c1-4-11(8-17)13-5-10-6-14-12(15-7-10)16-9(2)3/h6-7,9,11,13,17H,4-5,8H2,1-3H3,(H,14,15,16)/t11-/m0/s1. The van der Waals surface area contributed by atoms with Crippen molar-refractivity contribution >= 4 is 5.95 Å². The summed E-state index contributed by atoms with van der Waals surface area (Å²) in [6, 6.07) is 0.473. The van der Waals surface area contributed by atoms with Gasteiger partial charge in [-0.1, -0.05) is 6.92 Å². The fourth-order valence-electron chi connectivity index (χ4n) is 1.38. The molecular weight excluding hydrogens is 216 g/mol. The van der Waals surface area contributed by atoms with Crippen molar-refractivity contribution in [3.63, 3.8) is 0 Å². The third kappa shape index (κ3) is 5.10. The van der Waals surface area contributed by atoms with Crippen LogP contribution in [0.1, 0.15) is 32.8 Å². The molecule has 5 nitrogen and oxygen atoms in total. The Morgan fingerprint density at radius 2 is 1.94 bits per heavy atom. The molecule has 1 heterocycles. The van der Waals surface area contributed by atoms with Gasteiger partial charge >= 0.3 is 0 Å². The molecule has 0 fully saturated rings. The zero-order chi connectivity index (χ0) is 12.7. The van der Waals surface area contributed by atoms with Crippen LogP contribution >= 0.6 is 0 Å². The predicted octanol–water partition coefficient (Wildman–Crippen LogP) is 1.16. The zero-order valence-electron chi connectivity index (χ0n) is 10.8. The van der Waals surface area contributed by atoms with Crippen LogP contribution in [-0.2, 0) is 6.54 Å². The molecule has 1 atom stereocenters. The van der Waals surface area contributed by atoms with E-state index in [0.717, 1.165) is 12.0 Å². The van der Waals surface area contributed by atoms with Crippen molar-refractivity contribution < 1.29 is 5.11 Å². The molecule has 0 spiro atoms. The number of hydrogen-bond donors (Lipinski definition) is 3. The Morgan fingerprint density at radius 1 is 1.29 bits per heavy atom. The monoisotopic (exact) mass is 238 g/mol. The smallest absolute Gasteiger partial charge is 0.222 e. The number of aromatic nitrogens is 2. The zero-order valence-corrected chi connectivity index (χ0v) is 10.8. The Labute approximate surface area is 103 Å². The summed E-state index contributed by atoms with van der Waals surface area (Å²) >= 11 is 0. The Hall–Kier alpha value is -1.20. The second-order valence-corrected chi connectivity index (χ2v) is 4.38. The maximum Gasteiger partial charge on any atom is 0.222 e. The maximum atomic E-state index is 9.04. The lowest BCUT2D eigenvalue weighted by atomic mass is 10.2. The van der Waals surface area contributed by atoms with E-state index in [4.69, 9.17) is 5.11 Å². The second kappa shape index (κ2) is 7.19. The summed E-state index contributed by atoms with van der Waals surface area (Å²) in [7, 11) is 0. The molecular formula is C12H22N4O. The van der Waals surface area contributed by atoms with Gasteiger partial charge in [0, 0.05) is 36.6 Å². The quantitative estimate of drug-likeness (QED) is 0.665. The highest BCUT2D eigenvalue weighted by Crippen LogP contribution is 2.02. The molecule has 0 aliphatic rings. The number of nitrogens with zero attached hydrogens (tertiary/aromatic N) is 2. The molecule has 1 rings (SSSR count). The molecule has 0 saturated heterocycles. The van der Waals surface area contributed by atoms with Crippen molar-refractivity contribution in [2.75, 3.05) is 11.9 Å². The van der Waals surface area contributed by atoms with Crippen LogP contribution in [0.3, 0.4) is 0 Å². The number of anilines is 1. The first kappa shape index (κ1) is 13.9. The van der Waals surface area contributed by atoms with E-state index in [-0.39, 0.29) is 12.6 Å². The summed E-state index contributed by atoms with van der Waals surface area (Å²) in [4.78, 5) is 8.45. The van der Waals surface area contributed by atoms with Crippen LogP contribution in [0.25, 0.3) is 0 Å². The van der Waals surface area contributed by atoms with Crippen molar-refractivity contribution in [1.29, 1.82) is 0 Å². The first-order valence-electron chi connectivity index (χ1n) is 6.07. The molecule has 0 bridgehead atoms. The van der Waals surface area contributed by atoms with E-state index in [9.17, 15) is 0 Å². The molecule has 0 aliphatic heterocycles. The van der Waals surface area contributed by atoms with Crippen LogP contribution in [0, 0.1) is 0 Å². The molecule has 0 amide bonds. The Kier molecular flexibility index (Phi) is 5.86. The number of nitrogens with one attached hydrogen (secondary N) is 2. The molecule has 1 aromatic rings. The highest BCUT2D eigenvalue weighted by atomic mass is 16.3. The predicted molar refractivity (Wildman–Crippen MR) is 68.8 cm³/mol. The molecule has 17 heavy (non-hydrogen) atoms. The maximum absolute atomic E-state index is 9.04. The van der Waals surface area contributed by atoms with Gasteiger partial charge in [-0.3, -0.25) is 0 Å². The fraction of sp³-hybridized carbons (Fsp3) is 0.667. The molecule has 0 radical (unpaired) electrons. The van der Waals surface area contributed by atoms with Crippen LogP contribution in [0.15, 0.2) is 12.4 Å². The summed E-state index contributed by atoms with van der Waals surface area (Å²) in [6.45, 7) is 6.98. The van der Waals surface area contributed by atoms with E-state index < -0.39 is 0 Å². The molecule has 0 aromatic carbocycles. The van der Waals surface area contributed by atoms with Gasteiger partial charge in [-0.15, -0.1) is 0 Å². The summed E-state index contributed by atoms with van der Waals surface area (Å²) < 4.78 is 0. The van der Waals surface area contributed by atoms with E-state index in [1.54, 1.807) is 12.4 Å². The first-order valence-corrected chi connectivity index (χ1v) is 6.07. The van der Waals surface area contributed by atoms with Gasteiger partial charge in [0.15, 0.2) is 0 Å². The molecule has 1 aromatic heterocycles. The number of hydrogen-bond acceptors (Lipinski definition) is 5. The normalized spacial score (nSPS) is 12.8. The van der Waals surface area contributed by atoms with Gasteiger partial charge in [-0.2, -0.15) is 0 Å². The molecule has 96 valence electrons. The Balaban J connectivity index is 2.45. The van der Waals surface area contributed by atoms with Crippen LogP contribution in [0.5, 0.6) is 0 Å². The summed E-state index contributed by atoms with van der Waals surface area (Å²) in [6.07, 6.45) is 4.51. The van der Waals surface area contributed by atoms with E-state index in [2.05, 4.69) is 20.6 Å². The second-order valence-electron chi connectivity index (χ2n) is 4.38. The molecule has 0 aliphatic carbocycles. The van der Waals surface area contributed by atoms with Crippen molar-refractivity contribution in [3.05, 3.63) is 18.0 Å². The molecule has 5 heteroatoms. The average molecular weight is 238 g/mol. The molecule has 3 N–H and O–H groups in total. The van der Waals surface area contributed by atoms with Crippen molar-refractivity contribution in [1.82, 2.24) is 15.3 Å². The highest BCUT2D eigenvalue weighted by Gasteiger charge is 2.04. The van der Waals surface area contributed by atoms with Gasteiger partial charge in [0.1, 0.15) is 0 Å². The van der Waals surface area contributed by atoms with E-state index in [0.29, 0.717) is 18.5 Å². The van der Waals surface area contributed by atoms with Gasteiger partial charge in [0.2, 0.25) is 5.95 Å². The third-order valence-electron chi connectivity index (χ3n) is 2.43. The van der Waals surface area contributed by atoms with Gasteiger partial charge in [-0.25, -0.2) is 9.97 Å². The fourth-order valence-corrected chi connectivity index (χ4v) is 1.38. The van der Waals surface area contributed by atoms with Crippen molar-refractivity contribution in [2.45, 2.75) is 45.8 Å². The first-order chi connectivity index (χ1) is 8.15. The lowest BCUT2D eigenvalue weighted by Crippen LogP contribution is -2.31. The summed E-state index contributed by atoms with van der Waals surface area (Å²) in [5, 5.41) is 15.4. The topological polar surface area (TPSA) is 70.1 Å². The minimum atomic E-state index is 0.142. The third-order valence-corrected chi connectivity index (χ3v) is 2.43. The van der Waals surface area contributed by atoms with Crippen LogP contribution < -0.4 is 10.6 Å². The van der Waals surface area contributed by atoms with Gasteiger partial charge < -0.3 is 15.7 Å². The lowest BCUT2D eigenvalue weighted by molar-refractivity contribution is 0.238.